The fraction of sp³-hybridized carbons (Fsp3) is 0.750. The molecule has 0 radical (unpaired) electrons. The molecule has 1 unspecified atom stereocenters. The molecule has 1 aliphatic rings. The maximum absolute atomic E-state index is 12.2. The zero-order valence-corrected chi connectivity index (χ0v) is 15.4. The summed E-state index contributed by atoms with van der Waals surface area (Å²) in [5, 5.41) is 0.809. The quantitative estimate of drug-likeness (QED) is 0.797. The van der Waals surface area contributed by atoms with Gasteiger partial charge in [0.1, 0.15) is 0 Å². The van der Waals surface area contributed by atoms with Gasteiger partial charge in [-0.25, -0.2) is 18.0 Å². The Morgan fingerprint density at radius 3 is 2.52 bits per heavy atom. The van der Waals surface area contributed by atoms with Crippen LogP contribution < -0.4 is 5.43 Å². The maximum Gasteiger partial charge on any atom is 0.431 e. The lowest BCUT2D eigenvalue weighted by Gasteiger charge is -2.18. The fourth-order valence-corrected chi connectivity index (χ4v) is 4.42. The van der Waals surface area contributed by atoms with E-state index in [0.717, 1.165) is 16.8 Å². The van der Waals surface area contributed by atoms with Gasteiger partial charge in [-0.1, -0.05) is 6.92 Å². The van der Waals surface area contributed by atoms with Crippen LogP contribution in [0.25, 0.3) is 0 Å². The first kappa shape index (κ1) is 19.7. The van der Waals surface area contributed by atoms with E-state index in [-0.39, 0.29) is 10.9 Å². The molecule has 1 N–H and O–H groups in total. The van der Waals surface area contributed by atoms with Crippen LogP contribution in [0.4, 0.5) is 9.59 Å². The van der Waals surface area contributed by atoms with Crippen LogP contribution in [0.1, 0.15) is 27.2 Å². The van der Waals surface area contributed by atoms with Crippen molar-refractivity contribution in [3.8, 4) is 0 Å². The van der Waals surface area contributed by atoms with Crippen molar-refractivity contribution in [3.05, 3.63) is 0 Å². The monoisotopic (exact) mass is 366 g/mol. The number of hydrazine groups is 1. The van der Waals surface area contributed by atoms with Crippen LogP contribution >= 0.6 is 11.8 Å². The molecule has 11 heteroatoms. The molecule has 3 amide bonds. The highest BCUT2D eigenvalue weighted by atomic mass is 32.3. The number of sulfone groups is 1. The lowest BCUT2D eigenvalue weighted by atomic mass is 10.5. The fourth-order valence-electron chi connectivity index (χ4n) is 1.52. The number of thioether (sulfide) groups is 1. The molecule has 0 aromatic carbocycles. The normalized spacial score (nSPS) is 20.2. The van der Waals surface area contributed by atoms with E-state index in [4.69, 9.17) is 4.74 Å². The van der Waals surface area contributed by atoms with E-state index in [1.807, 2.05) is 0 Å². The molecule has 0 spiro atoms. The molecule has 0 bridgehead atoms. The molecule has 1 atom stereocenters. The minimum Gasteiger partial charge on any atom is -0.445 e. The van der Waals surface area contributed by atoms with Crippen LogP contribution in [0, 0.1) is 0 Å². The van der Waals surface area contributed by atoms with Crippen LogP contribution in [0.5, 0.6) is 0 Å². The molecule has 0 saturated carbocycles. The third kappa shape index (κ3) is 5.36. The third-order valence-corrected chi connectivity index (χ3v) is 6.25. The number of amidine groups is 1. The van der Waals surface area contributed by atoms with Gasteiger partial charge in [0.15, 0.2) is 19.7 Å². The number of rotatable bonds is 4. The Balaban J connectivity index is 3.08. The van der Waals surface area contributed by atoms with Crippen molar-refractivity contribution in [2.75, 3.05) is 19.8 Å². The summed E-state index contributed by atoms with van der Waals surface area (Å²) in [4.78, 5) is 28.8. The predicted molar refractivity (Wildman–Crippen MR) is 88.6 cm³/mol. The maximum atomic E-state index is 12.2. The standard InChI is InChI=1S/C12H22N4O5S2/c1-6-7-23(19,20)11-14-16(12(18)21-8(2)3)10(22-11)13-9(17)15(4)5/h8,11,14H,6-7H2,1-5H3. The van der Waals surface area contributed by atoms with Gasteiger partial charge < -0.3 is 9.64 Å². The number of carbonyl (C=O) groups is 2. The second-order valence-electron chi connectivity index (χ2n) is 5.29. The second kappa shape index (κ2) is 7.97. The summed E-state index contributed by atoms with van der Waals surface area (Å²) in [5.74, 6) is -0.0420. The van der Waals surface area contributed by atoms with Crippen molar-refractivity contribution < 1.29 is 22.7 Å². The van der Waals surface area contributed by atoms with Crippen molar-refractivity contribution in [2.45, 2.75) is 38.0 Å². The topological polar surface area (TPSA) is 108 Å². The lowest BCUT2D eigenvalue weighted by Crippen LogP contribution is -2.46. The van der Waals surface area contributed by atoms with Crippen LogP contribution in [-0.2, 0) is 14.6 Å². The van der Waals surface area contributed by atoms with E-state index in [9.17, 15) is 18.0 Å². The van der Waals surface area contributed by atoms with Crippen molar-refractivity contribution in [3.63, 3.8) is 0 Å². The van der Waals surface area contributed by atoms with Gasteiger partial charge in [0.25, 0.3) is 0 Å². The summed E-state index contributed by atoms with van der Waals surface area (Å²) in [6.45, 7) is 5.06. The Kier molecular flexibility index (Phi) is 6.84. The van der Waals surface area contributed by atoms with Gasteiger partial charge >= 0.3 is 12.1 Å². The second-order valence-corrected chi connectivity index (χ2v) is 8.86. The summed E-state index contributed by atoms with van der Waals surface area (Å²) in [6, 6.07) is -0.606. The van der Waals surface area contributed by atoms with E-state index < -0.39 is 32.8 Å². The van der Waals surface area contributed by atoms with Gasteiger partial charge in [-0.3, -0.25) is 0 Å². The molecular weight excluding hydrogens is 344 g/mol. The molecule has 0 aliphatic carbocycles. The Morgan fingerprint density at radius 2 is 2.04 bits per heavy atom. The van der Waals surface area contributed by atoms with E-state index >= 15 is 0 Å². The molecule has 1 fully saturated rings. The third-order valence-electron chi connectivity index (χ3n) is 2.55. The zero-order valence-electron chi connectivity index (χ0n) is 13.8. The zero-order chi connectivity index (χ0) is 17.8. The molecule has 1 heterocycles. The number of nitrogens with one attached hydrogen (secondary N) is 1. The van der Waals surface area contributed by atoms with Crippen molar-refractivity contribution >= 4 is 38.9 Å². The number of urea groups is 1. The SMILES string of the molecule is CCCS(=O)(=O)C1NN(C(=O)OC(C)C)C(=NC(=O)N(C)C)S1. The summed E-state index contributed by atoms with van der Waals surface area (Å²) >= 11 is 0.795. The first-order valence-corrected chi connectivity index (χ1v) is 9.63. The van der Waals surface area contributed by atoms with Crippen molar-refractivity contribution in [1.29, 1.82) is 0 Å². The number of aliphatic imine (C=N–C) groups is 1. The molecule has 0 aromatic rings. The van der Waals surface area contributed by atoms with Gasteiger partial charge in [0.2, 0.25) is 0 Å². The smallest absolute Gasteiger partial charge is 0.431 e. The van der Waals surface area contributed by atoms with Crippen LogP contribution in [0.15, 0.2) is 4.99 Å². The first-order valence-electron chi connectivity index (χ1n) is 7.03. The number of carbonyl (C=O) groups excluding carboxylic acids is 2. The lowest BCUT2D eigenvalue weighted by molar-refractivity contribution is 0.0863. The van der Waals surface area contributed by atoms with E-state index in [1.54, 1.807) is 20.8 Å². The van der Waals surface area contributed by atoms with Gasteiger partial charge in [-0.2, -0.15) is 15.4 Å². The summed E-state index contributed by atoms with van der Waals surface area (Å²) < 4.78 is 28.3. The highest BCUT2D eigenvalue weighted by Crippen LogP contribution is 2.27. The minimum absolute atomic E-state index is 0.0420. The van der Waals surface area contributed by atoms with Crippen molar-refractivity contribution in [2.24, 2.45) is 4.99 Å². The summed E-state index contributed by atoms with van der Waals surface area (Å²) in [5.41, 5.74) is 2.55. The number of nitrogens with zero attached hydrogens (tertiary/aromatic N) is 3. The summed E-state index contributed by atoms with van der Waals surface area (Å²) in [6.07, 6.45) is -0.765. The van der Waals surface area contributed by atoms with E-state index in [1.165, 1.54) is 19.0 Å². The Bertz CT molecular complexity index is 588. The molecule has 9 nitrogen and oxygen atoms in total. The first-order chi connectivity index (χ1) is 10.6. The Labute approximate surface area is 140 Å². The number of hydrogen-bond donors (Lipinski definition) is 1. The molecule has 23 heavy (non-hydrogen) atoms. The van der Waals surface area contributed by atoms with E-state index in [0.29, 0.717) is 6.42 Å². The molecule has 1 saturated heterocycles. The highest BCUT2D eigenvalue weighted by Gasteiger charge is 2.41. The van der Waals surface area contributed by atoms with Gasteiger partial charge in [0.05, 0.1) is 11.9 Å². The number of amides is 3. The predicted octanol–water partition coefficient (Wildman–Crippen LogP) is 1.23. The summed E-state index contributed by atoms with van der Waals surface area (Å²) in [7, 11) is -0.494. The Morgan fingerprint density at radius 1 is 1.43 bits per heavy atom. The van der Waals surface area contributed by atoms with Crippen LogP contribution in [0.2, 0.25) is 0 Å². The average Bonchev–Trinajstić information content (AvgIpc) is 2.82. The molecular formula is C12H22N4O5S2. The Hall–Kier alpha value is -1.33. The van der Waals surface area contributed by atoms with E-state index in [2.05, 4.69) is 10.4 Å². The van der Waals surface area contributed by atoms with Gasteiger partial charge in [-0.05, 0) is 32.0 Å². The highest BCUT2D eigenvalue weighted by molar-refractivity contribution is 8.23. The van der Waals surface area contributed by atoms with Crippen molar-refractivity contribution in [1.82, 2.24) is 15.3 Å². The molecule has 1 rings (SSSR count). The van der Waals surface area contributed by atoms with Gasteiger partial charge in [-0.15, -0.1) is 0 Å². The number of hydrogen-bond acceptors (Lipinski definition) is 7. The number of ether oxygens (including phenoxy) is 1. The molecule has 0 aromatic heterocycles. The molecule has 132 valence electrons. The molecule has 1 aliphatic heterocycles. The largest absolute Gasteiger partial charge is 0.445 e. The average molecular weight is 366 g/mol. The van der Waals surface area contributed by atoms with Crippen LogP contribution in [0.3, 0.4) is 0 Å². The minimum atomic E-state index is -3.50. The van der Waals surface area contributed by atoms with Gasteiger partial charge in [0, 0.05) is 14.1 Å². The van der Waals surface area contributed by atoms with Crippen LogP contribution in [-0.4, -0.2) is 66.3 Å².